The molecule has 0 aliphatic carbocycles. The van der Waals surface area contributed by atoms with Gasteiger partial charge in [0.15, 0.2) is 5.82 Å². The van der Waals surface area contributed by atoms with E-state index in [0.29, 0.717) is 10.7 Å². The molecule has 0 aliphatic heterocycles. The van der Waals surface area contributed by atoms with Crippen molar-refractivity contribution in [1.82, 2.24) is 9.78 Å². The van der Waals surface area contributed by atoms with Crippen LogP contribution in [-0.2, 0) is 11.8 Å². The minimum atomic E-state index is -1.02. The summed E-state index contributed by atoms with van der Waals surface area (Å²) in [6.45, 7) is 1.83. The number of carboxylic acids is 1. The number of aromatic nitrogens is 2. The Labute approximate surface area is 119 Å². The highest BCUT2D eigenvalue weighted by molar-refractivity contribution is 7.15. The van der Waals surface area contributed by atoms with Gasteiger partial charge in [-0.05, 0) is 24.6 Å². The molecule has 0 aliphatic rings. The lowest BCUT2D eigenvalue weighted by molar-refractivity contribution is -0.131. The molecule has 0 saturated heterocycles. The molecule has 0 spiro atoms. The van der Waals surface area contributed by atoms with Gasteiger partial charge in [0.1, 0.15) is 0 Å². The molecule has 0 fully saturated rings. The maximum atomic E-state index is 12.0. The molecule has 2 aromatic heterocycles. The first kappa shape index (κ1) is 14.0. The van der Waals surface area contributed by atoms with Gasteiger partial charge in [-0.15, -0.1) is 11.3 Å². The van der Waals surface area contributed by atoms with E-state index in [4.69, 9.17) is 5.11 Å². The number of carbonyl (C=O) groups excluding carboxylic acids is 1. The van der Waals surface area contributed by atoms with E-state index in [2.05, 4.69) is 10.4 Å². The lowest BCUT2D eigenvalue weighted by atomic mass is 10.2. The number of carbonyl (C=O) groups is 2. The first-order valence-corrected chi connectivity index (χ1v) is 6.60. The molecule has 0 aromatic carbocycles. The number of thiophene rings is 1. The van der Waals surface area contributed by atoms with Crippen molar-refractivity contribution in [3.05, 3.63) is 39.7 Å². The molecule has 0 unspecified atom stereocenters. The van der Waals surface area contributed by atoms with Crippen molar-refractivity contribution in [1.29, 1.82) is 0 Å². The Balaban J connectivity index is 2.15. The maximum absolute atomic E-state index is 12.0. The molecular weight excluding hydrogens is 278 g/mol. The predicted octanol–water partition coefficient (Wildman–Crippen LogP) is 2.14. The fourth-order valence-corrected chi connectivity index (χ4v) is 2.55. The van der Waals surface area contributed by atoms with E-state index < -0.39 is 5.97 Å². The summed E-state index contributed by atoms with van der Waals surface area (Å²) in [6, 6.07) is 3.42. The van der Waals surface area contributed by atoms with Crippen molar-refractivity contribution in [3.63, 3.8) is 0 Å². The van der Waals surface area contributed by atoms with Gasteiger partial charge in [0.05, 0.1) is 4.88 Å². The fourth-order valence-electron chi connectivity index (χ4n) is 1.58. The number of hydrogen-bond donors (Lipinski definition) is 2. The quantitative estimate of drug-likeness (QED) is 0.845. The molecule has 0 radical (unpaired) electrons. The van der Waals surface area contributed by atoms with Crippen LogP contribution in [0.2, 0.25) is 0 Å². The highest BCUT2D eigenvalue weighted by atomic mass is 32.1. The summed E-state index contributed by atoms with van der Waals surface area (Å²) in [6.07, 6.45) is 4.27. The van der Waals surface area contributed by atoms with Gasteiger partial charge in [-0.3, -0.25) is 9.48 Å². The van der Waals surface area contributed by atoms with Crippen molar-refractivity contribution in [2.75, 3.05) is 5.32 Å². The minimum absolute atomic E-state index is 0.258. The normalized spacial score (nSPS) is 10.9. The second-order valence-electron chi connectivity index (χ2n) is 4.16. The monoisotopic (exact) mass is 291 g/mol. The van der Waals surface area contributed by atoms with E-state index in [9.17, 15) is 9.59 Å². The van der Waals surface area contributed by atoms with Gasteiger partial charge < -0.3 is 10.4 Å². The van der Waals surface area contributed by atoms with Crippen molar-refractivity contribution < 1.29 is 14.7 Å². The smallest absolute Gasteiger partial charge is 0.328 e. The van der Waals surface area contributed by atoms with E-state index in [1.807, 2.05) is 6.92 Å². The number of nitrogens with zero attached hydrogens (tertiary/aromatic N) is 2. The molecule has 2 heterocycles. The third-order valence-corrected chi connectivity index (χ3v) is 3.71. The summed E-state index contributed by atoms with van der Waals surface area (Å²) in [7, 11) is 1.76. The summed E-state index contributed by atoms with van der Waals surface area (Å²) in [5, 5.41) is 15.4. The number of amides is 1. The van der Waals surface area contributed by atoms with Gasteiger partial charge in [-0.25, -0.2) is 4.79 Å². The lowest BCUT2D eigenvalue weighted by Crippen LogP contribution is -2.10. The number of carboxylic acid groups (broad SMARTS) is 1. The Bertz CT molecular complexity index is 685. The SMILES string of the molecule is Cc1cc(C(=O)Nc2ccn(C)n2)sc1/C=C/C(=O)O. The highest BCUT2D eigenvalue weighted by Crippen LogP contribution is 2.24. The highest BCUT2D eigenvalue weighted by Gasteiger charge is 2.12. The first-order valence-electron chi connectivity index (χ1n) is 5.78. The maximum Gasteiger partial charge on any atom is 0.328 e. The third kappa shape index (κ3) is 3.33. The summed E-state index contributed by atoms with van der Waals surface area (Å²) in [4.78, 5) is 23.8. The van der Waals surface area contributed by atoms with Crippen molar-refractivity contribution >= 4 is 35.1 Å². The Kier molecular flexibility index (Phi) is 3.99. The summed E-state index contributed by atoms with van der Waals surface area (Å²) in [5.41, 5.74) is 0.860. The Morgan fingerprint density at radius 1 is 1.50 bits per heavy atom. The van der Waals surface area contributed by atoms with E-state index in [1.54, 1.807) is 30.1 Å². The molecule has 0 saturated carbocycles. The molecule has 2 rings (SSSR count). The van der Waals surface area contributed by atoms with Gasteiger partial charge in [0.25, 0.3) is 5.91 Å². The number of aliphatic carboxylic acids is 1. The molecule has 0 atom stereocenters. The lowest BCUT2D eigenvalue weighted by Gasteiger charge is -1.97. The summed E-state index contributed by atoms with van der Waals surface area (Å²) in [5.74, 6) is -0.796. The van der Waals surface area contributed by atoms with Crippen LogP contribution in [0.4, 0.5) is 5.82 Å². The average molecular weight is 291 g/mol. The molecule has 104 valence electrons. The van der Waals surface area contributed by atoms with Gasteiger partial charge in [-0.2, -0.15) is 5.10 Å². The first-order chi connectivity index (χ1) is 9.45. The second kappa shape index (κ2) is 5.70. The third-order valence-electron chi connectivity index (χ3n) is 2.51. The summed E-state index contributed by atoms with van der Waals surface area (Å²) < 4.78 is 1.59. The van der Waals surface area contributed by atoms with Gasteiger partial charge in [0, 0.05) is 30.3 Å². The van der Waals surface area contributed by atoms with Crippen LogP contribution in [-0.4, -0.2) is 26.8 Å². The van der Waals surface area contributed by atoms with Crippen LogP contribution in [0, 0.1) is 6.92 Å². The molecule has 2 N–H and O–H groups in total. The topological polar surface area (TPSA) is 84.2 Å². The van der Waals surface area contributed by atoms with Crippen LogP contribution in [0.1, 0.15) is 20.1 Å². The second-order valence-corrected chi connectivity index (χ2v) is 5.24. The van der Waals surface area contributed by atoms with E-state index in [-0.39, 0.29) is 5.91 Å². The van der Waals surface area contributed by atoms with E-state index in [0.717, 1.165) is 16.5 Å². The molecule has 2 aromatic rings. The van der Waals surface area contributed by atoms with Crippen molar-refractivity contribution in [3.8, 4) is 0 Å². The molecule has 20 heavy (non-hydrogen) atoms. The largest absolute Gasteiger partial charge is 0.478 e. The van der Waals surface area contributed by atoms with Crippen LogP contribution in [0.15, 0.2) is 24.4 Å². The number of rotatable bonds is 4. The molecule has 0 bridgehead atoms. The summed E-state index contributed by atoms with van der Waals surface area (Å²) >= 11 is 1.24. The molecule has 6 nitrogen and oxygen atoms in total. The zero-order valence-corrected chi connectivity index (χ0v) is 11.8. The number of aryl methyl sites for hydroxylation is 2. The van der Waals surface area contributed by atoms with Gasteiger partial charge >= 0.3 is 5.97 Å². The van der Waals surface area contributed by atoms with Crippen LogP contribution >= 0.6 is 11.3 Å². The Morgan fingerprint density at radius 2 is 2.25 bits per heavy atom. The predicted molar refractivity (Wildman–Crippen MR) is 76.9 cm³/mol. The van der Waals surface area contributed by atoms with Crippen LogP contribution in [0.5, 0.6) is 0 Å². The van der Waals surface area contributed by atoms with Crippen molar-refractivity contribution in [2.24, 2.45) is 7.05 Å². The number of nitrogens with one attached hydrogen (secondary N) is 1. The zero-order chi connectivity index (χ0) is 14.7. The van der Waals surface area contributed by atoms with Gasteiger partial charge in [-0.1, -0.05) is 0 Å². The van der Waals surface area contributed by atoms with Crippen LogP contribution < -0.4 is 5.32 Å². The molecular formula is C13H13N3O3S. The fraction of sp³-hybridized carbons (Fsp3) is 0.154. The van der Waals surface area contributed by atoms with Crippen molar-refractivity contribution in [2.45, 2.75) is 6.92 Å². The Hall–Kier alpha value is -2.41. The van der Waals surface area contributed by atoms with Gasteiger partial charge in [0.2, 0.25) is 0 Å². The zero-order valence-electron chi connectivity index (χ0n) is 11.0. The average Bonchev–Trinajstić information content (AvgIpc) is 2.93. The van der Waals surface area contributed by atoms with Crippen LogP contribution in [0.25, 0.3) is 6.08 Å². The number of hydrogen-bond acceptors (Lipinski definition) is 4. The minimum Gasteiger partial charge on any atom is -0.478 e. The van der Waals surface area contributed by atoms with Crippen LogP contribution in [0.3, 0.4) is 0 Å². The van der Waals surface area contributed by atoms with E-state index >= 15 is 0 Å². The molecule has 1 amide bonds. The number of anilines is 1. The standard InChI is InChI=1S/C13H13N3O3S/c1-8-7-10(20-9(8)3-4-12(17)18)13(19)14-11-5-6-16(2)15-11/h3-7H,1-2H3,(H,17,18)(H,14,15,19)/b4-3+. The van der Waals surface area contributed by atoms with E-state index in [1.165, 1.54) is 17.4 Å². The Morgan fingerprint density at radius 3 is 2.85 bits per heavy atom. The molecule has 7 heteroatoms.